The van der Waals surface area contributed by atoms with Crippen molar-refractivity contribution < 1.29 is 22.9 Å². The lowest BCUT2D eigenvalue weighted by molar-refractivity contribution is -0.387. The Balaban J connectivity index is 1.75. The van der Waals surface area contributed by atoms with Crippen molar-refractivity contribution in [1.29, 1.82) is 0 Å². The topological polar surface area (TPSA) is 153 Å². The quantitative estimate of drug-likeness (QED) is 0.238. The molecule has 3 aromatic rings. The third-order valence-corrected chi connectivity index (χ3v) is 6.02. The van der Waals surface area contributed by atoms with Crippen molar-refractivity contribution in [2.45, 2.75) is 24.7 Å². The van der Waals surface area contributed by atoms with Gasteiger partial charge >= 0.3 is 6.03 Å². The Kier molecular flexibility index (Phi) is 7.87. The van der Waals surface area contributed by atoms with Gasteiger partial charge in [0.15, 0.2) is 4.90 Å². The maximum atomic E-state index is 12.5. The van der Waals surface area contributed by atoms with E-state index in [2.05, 4.69) is 22.2 Å². The zero-order valence-electron chi connectivity index (χ0n) is 17.5. The number of rotatable bonds is 8. The summed E-state index contributed by atoms with van der Waals surface area (Å²) in [6.45, 7) is 2.07. The zero-order valence-corrected chi connectivity index (χ0v) is 19.8. The Bertz CT molecular complexity index is 1340. The molecule has 2 aromatic carbocycles. The van der Waals surface area contributed by atoms with Gasteiger partial charge in [-0.1, -0.05) is 48.7 Å². The highest BCUT2D eigenvalue weighted by Crippen LogP contribution is 2.27. The molecule has 2 N–H and O–H groups in total. The molecule has 1 aromatic heterocycles. The first-order valence-corrected chi connectivity index (χ1v) is 11.9. The number of aromatic nitrogens is 2. The third kappa shape index (κ3) is 6.53. The highest BCUT2D eigenvalue weighted by molar-refractivity contribution is 7.90. The number of benzene rings is 2. The predicted octanol–water partition coefficient (Wildman–Crippen LogP) is 4.95. The van der Waals surface area contributed by atoms with Gasteiger partial charge in [0.1, 0.15) is 10.9 Å². The average Bonchev–Trinajstić information content (AvgIpc) is 2.74. The highest BCUT2D eigenvalue weighted by Gasteiger charge is 2.28. The van der Waals surface area contributed by atoms with E-state index < -0.39 is 31.6 Å². The third-order valence-electron chi connectivity index (χ3n) is 4.22. The van der Waals surface area contributed by atoms with Crippen molar-refractivity contribution in [2.75, 3.05) is 5.32 Å². The fourth-order valence-corrected chi connectivity index (χ4v) is 4.20. The lowest BCUT2D eigenvalue weighted by Gasteiger charge is -2.10. The number of nitro groups is 1. The molecule has 0 aliphatic rings. The first kappa shape index (κ1) is 25.1. The summed E-state index contributed by atoms with van der Waals surface area (Å²) in [5.74, 6) is 0.0980. The standard InChI is InChI=1S/C20H17Cl2N5O6S/c1-2-3-12-4-7-14(8-5-12)33-18-11-17(22)23-19(24-18)25-20(28)26-34(31,32)16-9-6-13(21)10-15(16)27(29)30/h4-11H,2-3H2,1H3,(H2,23,24,25,26,28). The van der Waals surface area contributed by atoms with Crippen molar-refractivity contribution in [2.24, 2.45) is 0 Å². The predicted molar refractivity (Wildman–Crippen MR) is 125 cm³/mol. The van der Waals surface area contributed by atoms with Crippen LogP contribution in [0.4, 0.5) is 16.4 Å². The van der Waals surface area contributed by atoms with Crippen LogP contribution in [0.15, 0.2) is 53.4 Å². The van der Waals surface area contributed by atoms with Crippen molar-refractivity contribution in [3.63, 3.8) is 0 Å². The van der Waals surface area contributed by atoms with Crippen molar-refractivity contribution in [3.8, 4) is 11.6 Å². The van der Waals surface area contributed by atoms with E-state index in [-0.39, 0.29) is 22.0 Å². The molecule has 0 saturated carbocycles. The Hall–Kier alpha value is -3.48. The normalized spacial score (nSPS) is 11.0. The number of halogens is 2. The van der Waals surface area contributed by atoms with E-state index in [9.17, 15) is 23.3 Å². The van der Waals surface area contributed by atoms with Crippen LogP contribution in [-0.4, -0.2) is 29.3 Å². The second kappa shape index (κ2) is 10.6. The average molecular weight is 526 g/mol. The second-order valence-corrected chi connectivity index (χ2v) is 9.25. The number of nitrogens with zero attached hydrogens (tertiary/aromatic N) is 3. The lowest BCUT2D eigenvalue weighted by Crippen LogP contribution is -2.35. The summed E-state index contributed by atoms with van der Waals surface area (Å²) < 4.78 is 32.3. The van der Waals surface area contributed by atoms with E-state index in [1.54, 1.807) is 16.9 Å². The fraction of sp³-hybridized carbons (Fsp3) is 0.150. The Labute approximate surface area is 204 Å². The van der Waals surface area contributed by atoms with Crippen LogP contribution in [0.25, 0.3) is 0 Å². The number of nitro benzene ring substituents is 1. The molecule has 0 aliphatic heterocycles. The number of urea groups is 1. The van der Waals surface area contributed by atoms with E-state index in [0.29, 0.717) is 5.75 Å². The molecule has 0 unspecified atom stereocenters. The number of aryl methyl sites for hydroxylation is 1. The summed E-state index contributed by atoms with van der Waals surface area (Å²) in [7, 11) is -4.63. The van der Waals surface area contributed by atoms with Gasteiger partial charge in [0.2, 0.25) is 11.8 Å². The molecule has 2 amide bonds. The maximum absolute atomic E-state index is 12.5. The largest absolute Gasteiger partial charge is 0.439 e. The minimum atomic E-state index is -4.63. The van der Waals surface area contributed by atoms with Crippen molar-refractivity contribution in [1.82, 2.24) is 14.7 Å². The van der Waals surface area contributed by atoms with E-state index in [1.165, 1.54) is 6.07 Å². The summed E-state index contributed by atoms with van der Waals surface area (Å²) in [5, 5.41) is 13.2. The van der Waals surface area contributed by atoms with Crippen molar-refractivity contribution in [3.05, 3.63) is 74.4 Å². The maximum Gasteiger partial charge on any atom is 0.335 e. The van der Waals surface area contributed by atoms with Crippen LogP contribution in [0, 0.1) is 10.1 Å². The van der Waals surface area contributed by atoms with Gasteiger partial charge in [-0.3, -0.25) is 15.4 Å². The molecule has 0 fully saturated rings. The number of carbonyl (C=O) groups excluding carboxylic acids is 1. The van der Waals surface area contributed by atoms with Gasteiger partial charge in [0, 0.05) is 17.2 Å². The van der Waals surface area contributed by atoms with Crippen LogP contribution in [0.3, 0.4) is 0 Å². The van der Waals surface area contributed by atoms with E-state index >= 15 is 0 Å². The van der Waals surface area contributed by atoms with Gasteiger partial charge in [-0.2, -0.15) is 4.98 Å². The summed E-state index contributed by atoms with van der Waals surface area (Å²) in [6, 6.07) is 10.2. The Morgan fingerprint density at radius 2 is 1.82 bits per heavy atom. The highest BCUT2D eigenvalue weighted by atomic mass is 35.5. The van der Waals surface area contributed by atoms with Crippen molar-refractivity contribution >= 4 is 50.9 Å². The first-order chi connectivity index (χ1) is 16.1. The Morgan fingerprint density at radius 1 is 1.12 bits per heavy atom. The summed E-state index contributed by atoms with van der Waals surface area (Å²) in [4.78, 5) is 29.5. The van der Waals surface area contributed by atoms with E-state index in [0.717, 1.165) is 36.6 Å². The fourth-order valence-electron chi connectivity index (χ4n) is 2.80. The zero-order chi connectivity index (χ0) is 24.9. The monoisotopic (exact) mass is 525 g/mol. The van der Waals surface area contributed by atoms with Gasteiger partial charge in [-0.05, 0) is 36.2 Å². The number of hydrogen-bond donors (Lipinski definition) is 2. The van der Waals surface area contributed by atoms with Crippen LogP contribution in [-0.2, 0) is 16.4 Å². The molecule has 3 rings (SSSR count). The van der Waals surface area contributed by atoms with Gasteiger partial charge in [-0.25, -0.2) is 22.9 Å². The van der Waals surface area contributed by atoms with E-state index in [4.69, 9.17) is 27.9 Å². The van der Waals surface area contributed by atoms with E-state index in [1.807, 2.05) is 12.1 Å². The van der Waals surface area contributed by atoms with Crippen LogP contribution in [0.2, 0.25) is 10.2 Å². The van der Waals surface area contributed by atoms with Gasteiger partial charge in [0.05, 0.1) is 4.92 Å². The van der Waals surface area contributed by atoms with Gasteiger partial charge in [-0.15, -0.1) is 0 Å². The smallest absolute Gasteiger partial charge is 0.335 e. The molecule has 14 heteroatoms. The molecule has 0 saturated heterocycles. The van der Waals surface area contributed by atoms with Crippen LogP contribution < -0.4 is 14.8 Å². The number of sulfonamides is 1. The molecule has 11 nitrogen and oxygen atoms in total. The Morgan fingerprint density at radius 3 is 2.47 bits per heavy atom. The SMILES string of the molecule is CCCc1ccc(Oc2cc(Cl)nc(NC(=O)NS(=O)(=O)c3ccc(Cl)cc3[N+](=O)[O-])n2)cc1. The van der Waals surface area contributed by atoms with Gasteiger partial charge < -0.3 is 4.74 Å². The molecular weight excluding hydrogens is 509 g/mol. The lowest BCUT2D eigenvalue weighted by atomic mass is 10.1. The minimum Gasteiger partial charge on any atom is -0.439 e. The number of anilines is 1. The number of hydrogen-bond acceptors (Lipinski definition) is 8. The summed E-state index contributed by atoms with van der Waals surface area (Å²) >= 11 is 11.7. The van der Waals surface area contributed by atoms with Crippen LogP contribution in [0.1, 0.15) is 18.9 Å². The van der Waals surface area contributed by atoms with Crippen LogP contribution >= 0.6 is 23.2 Å². The molecular formula is C20H17Cl2N5O6S. The number of nitrogens with one attached hydrogen (secondary N) is 2. The molecule has 0 atom stereocenters. The molecule has 0 radical (unpaired) electrons. The minimum absolute atomic E-state index is 0.00487. The summed E-state index contributed by atoms with van der Waals surface area (Å²) in [5.41, 5.74) is 0.337. The molecule has 178 valence electrons. The number of amides is 2. The second-order valence-electron chi connectivity index (χ2n) is 6.78. The molecule has 0 bridgehead atoms. The summed E-state index contributed by atoms with van der Waals surface area (Å²) in [6.07, 6.45) is 1.92. The number of ether oxygens (including phenoxy) is 1. The molecule has 34 heavy (non-hydrogen) atoms. The molecule has 0 spiro atoms. The van der Waals surface area contributed by atoms with Gasteiger partial charge in [0.25, 0.3) is 15.7 Å². The molecule has 0 aliphatic carbocycles. The number of carbonyl (C=O) groups is 1. The first-order valence-electron chi connectivity index (χ1n) is 9.66. The molecule has 1 heterocycles. The van der Waals surface area contributed by atoms with Crippen LogP contribution in [0.5, 0.6) is 11.6 Å².